The Hall–Kier alpha value is -2.22. The van der Waals surface area contributed by atoms with Crippen molar-refractivity contribution in [2.24, 2.45) is 10.9 Å². The van der Waals surface area contributed by atoms with Crippen LogP contribution in [-0.4, -0.2) is 68.0 Å². The molecule has 1 heterocycles. The maximum atomic E-state index is 13.7. The zero-order valence-electron chi connectivity index (χ0n) is 17.1. The summed E-state index contributed by atoms with van der Waals surface area (Å²) in [6, 6.07) is 3.41. The van der Waals surface area contributed by atoms with Gasteiger partial charge in [-0.1, -0.05) is 12.8 Å². The SMILES string of the molecule is CN=C(NCCN1CCN(C(=O)C2CCCC2)CC1)NCc1cc(F)ccc1F. The van der Waals surface area contributed by atoms with Gasteiger partial charge in [0.15, 0.2) is 5.96 Å². The van der Waals surface area contributed by atoms with Crippen molar-refractivity contribution in [1.82, 2.24) is 20.4 Å². The second kappa shape index (κ2) is 10.5. The van der Waals surface area contributed by atoms with Crippen molar-refractivity contribution in [3.63, 3.8) is 0 Å². The summed E-state index contributed by atoms with van der Waals surface area (Å²) in [6.45, 7) is 5.01. The summed E-state index contributed by atoms with van der Waals surface area (Å²) in [5.41, 5.74) is 0.260. The largest absolute Gasteiger partial charge is 0.355 e. The van der Waals surface area contributed by atoms with Gasteiger partial charge in [-0.25, -0.2) is 8.78 Å². The molecule has 29 heavy (non-hydrogen) atoms. The maximum absolute atomic E-state index is 13.7. The molecule has 0 atom stereocenters. The minimum atomic E-state index is -0.461. The lowest BCUT2D eigenvalue weighted by atomic mass is 10.1. The maximum Gasteiger partial charge on any atom is 0.225 e. The van der Waals surface area contributed by atoms with E-state index in [0.717, 1.165) is 57.7 Å². The molecule has 1 aromatic rings. The molecule has 0 spiro atoms. The molecule has 1 saturated carbocycles. The van der Waals surface area contributed by atoms with Crippen LogP contribution >= 0.6 is 0 Å². The van der Waals surface area contributed by atoms with Crippen molar-refractivity contribution >= 4 is 11.9 Å². The lowest BCUT2D eigenvalue weighted by molar-refractivity contribution is -0.137. The molecule has 3 rings (SSSR count). The van der Waals surface area contributed by atoms with Crippen LogP contribution in [-0.2, 0) is 11.3 Å². The van der Waals surface area contributed by atoms with Gasteiger partial charge in [-0.2, -0.15) is 0 Å². The van der Waals surface area contributed by atoms with Crippen LogP contribution in [0.1, 0.15) is 31.2 Å². The Morgan fingerprint density at radius 2 is 1.86 bits per heavy atom. The van der Waals surface area contributed by atoms with Crippen molar-refractivity contribution in [3.05, 3.63) is 35.4 Å². The third-order valence-corrected chi connectivity index (χ3v) is 5.79. The molecule has 0 unspecified atom stereocenters. The van der Waals surface area contributed by atoms with E-state index in [-0.39, 0.29) is 18.0 Å². The zero-order chi connectivity index (χ0) is 20.6. The molecule has 2 N–H and O–H groups in total. The number of guanidine groups is 1. The van der Waals surface area contributed by atoms with Crippen molar-refractivity contribution in [1.29, 1.82) is 0 Å². The van der Waals surface area contributed by atoms with Gasteiger partial charge in [0.1, 0.15) is 11.6 Å². The lowest BCUT2D eigenvalue weighted by Crippen LogP contribution is -2.51. The number of carbonyl (C=O) groups excluding carboxylic acids is 1. The fourth-order valence-electron chi connectivity index (χ4n) is 4.03. The quantitative estimate of drug-likeness (QED) is 0.559. The Bertz CT molecular complexity index is 713. The minimum Gasteiger partial charge on any atom is -0.355 e. The summed E-state index contributed by atoms with van der Waals surface area (Å²) >= 11 is 0. The highest BCUT2D eigenvalue weighted by atomic mass is 19.1. The van der Waals surface area contributed by atoms with Gasteiger partial charge in [-0.3, -0.25) is 14.7 Å². The Morgan fingerprint density at radius 1 is 1.14 bits per heavy atom. The second-order valence-corrected chi connectivity index (χ2v) is 7.74. The number of amides is 1. The number of benzene rings is 1. The molecule has 1 saturated heterocycles. The number of halogens is 2. The highest BCUT2D eigenvalue weighted by Crippen LogP contribution is 2.26. The van der Waals surface area contributed by atoms with E-state index in [9.17, 15) is 13.6 Å². The average Bonchev–Trinajstić information content (AvgIpc) is 3.27. The van der Waals surface area contributed by atoms with Gasteiger partial charge < -0.3 is 15.5 Å². The number of nitrogens with zero attached hydrogens (tertiary/aromatic N) is 3. The van der Waals surface area contributed by atoms with Crippen LogP contribution in [0.2, 0.25) is 0 Å². The first-order valence-electron chi connectivity index (χ1n) is 10.5. The molecule has 1 amide bonds. The van der Waals surface area contributed by atoms with Crippen LogP contribution in [0.25, 0.3) is 0 Å². The zero-order valence-corrected chi connectivity index (χ0v) is 17.1. The van der Waals surface area contributed by atoms with Crippen molar-refractivity contribution in [3.8, 4) is 0 Å². The van der Waals surface area contributed by atoms with Crippen molar-refractivity contribution in [2.75, 3.05) is 46.3 Å². The number of piperazine rings is 1. The average molecular weight is 408 g/mol. The second-order valence-electron chi connectivity index (χ2n) is 7.74. The molecule has 0 aromatic heterocycles. The number of rotatable bonds is 6. The van der Waals surface area contributed by atoms with Crippen LogP contribution in [0.15, 0.2) is 23.2 Å². The smallest absolute Gasteiger partial charge is 0.225 e. The predicted molar refractivity (Wildman–Crippen MR) is 110 cm³/mol. The van der Waals surface area contributed by atoms with Crippen LogP contribution in [0.4, 0.5) is 8.78 Å². The number of nitrogens with one attached hydrogen (secondary N) is 2. The van der Waals surface area contributed by atoms with E-state index in [0.29, 0.717) is 18.4 Å². The van der Waals surface area contributed by atoms with Crippen LogP contribution in [0.5, 0.6) is 0 Å². The lowest BCUT2D eigenvalue weighted by Gasteiger charge is -2.36. The summed E-state index contributed by atoms with van der Waals surface area (Å²) in [5, 5.41) is 6.21. The normalized spacial score (nSPS) is 18.9. The van der Waals surface area contributed by atoms with E-state index in [1.165, 1.54) is 18.9 Å². The van der Waals surface area contributed by atoms with E-state index < -0.39 is 11.6 Å². The molecule has 160 valence electrons. The Kier molecular flexibility index (Phi) is 7.80. The summed E-state index contributed by atoms with van der Waals surface area (Å²) < 4.78 is 27.0. The van der Waals surface area contributed by atoms with Gasteiger partial charge in [-0.05, 0) is 31.0 Å². The van der Waals surface area contributed by atoms with Gasteiger partial charge in [-0.15, -0.1) is 0 Å². The number of aliphatic imine (C=N–C) groups is 1. The first kappa shape index (κ1) is 21.5. The van der Waals surface area contributed by atoms with Crippen LogP contribution in [0, 0.1) is 17.6 Å². The fraction of sp³-hybridized carbons (Fsp3) is 0.619. The summed E-state index contributed by atoms with van der Waals surface area (Å²) in [4.78, 5) is 21.0. The van der Waals surface area contributed by atoms with E-state index >= 15 is 0 Å². The molecule has 2 aliphatic rings. The fourth-order valence-corrected chi connectivity index (χ4v) is 4.03. The predicted octanol–water partition coefficient (Wildman–Crippen LogP) is 1.96. The van der Waals surface area contributed by atoms with Gasteiger partial charge in [0, 0.05) is 64.3 Å². The minimum absolute atomic E-state index is 0.158. The molecule has 1 aliphatic carbocycles. The van der Waals surface area contributed by atoms with Crippen molar-refractivity contribution in [2.45, 2.75) is 32.2 Å². The van der Waals surface area contributed by atoms with E-state index in [4.69, 9.17) is 0 Å². The summed E-state index contributed by atoms with van der Waals surface area (Å²) in [6.07, 6.45) is 4.47. The van der Waals surface area contributed by atoms with Crippen LogP contribution < -0.4 is 10.6 Å². The van der Waals surface area contributed by atoms with Gasteiger partial charge in [0.2, 0.25) is 5.91 Å². The van der Waals surface area contributed by atoms with Gasteiger partial charge in [0.05, 0.1) is 0 Å². The Morgan fingerprint density at radius 3 is 2.55 bits per heavy atom. The molecule has 0 radical (unpaired) electrons. The van der Waals surface area contributed by atoms with E-state index in [1.807, 2.05) is 4.90 Å². The Balaban J connectivity index is 1.35. The molecular weight excluding hydrogens is 376 g/mol. The topological polar surface area (TPSA) is 60.0 Å². The third-order valence-electron chi connectivity index (χ3n) is 5.79. The molecule has 1 aliphatic heterocycles. The molecule has 1 aromatic carbocycles. The standard InChI is InChI=1S/C21H31F2N5O/c1-24-21(26-15-17-14-18(22)6-7-19(17)23)25-8-9-27-10-12-28(13-11-27)20(29)16-4-2-3-5-16/h6-7,14,16H,2-5,8-13,15H2,1H3,(H2,24,25,26). The summed E-state index contributed by atoms with van der Waals surface area (Å²) in [7, 11) is 1.64. The monoisotopic (exact) mass is 407 g/mol. The van der Waals surface area contributed by atoms with E-state index in [2.05, 4.69) is 20.5 Å². The van der Waals surface area contributed by atoms with Crippen LogP contribution in [0.3, 0.4) is 0 Å². The van der Waals surface area contributed by atoms with Crippen molar-refractivity contribution < 1.29 is 13.6 Å². The third kappa shape index (κ3) is 6.13. The first-order valence-corrected chi connectivity index (χ1v) is 10.5. The number of carbonyl (C=O) groups is 1. The van der Waals surface area contributed by atoms with Gasteiger partial charge in [0.25, 0.3) is 0 Å². The highest BCUT2D eigenvalue weighted by Gasteiger charge is 2.29. The molecule has 2 fully saturated rings. The Labute approximate surface area is 171 Å². The van der Waals surface area contributed by atoms with Gasteiger partial charge >= 0.3 is 0 Å². The molecular formula is C21H31F2N5O. The molecule has 6 nitrogen and oxygen atoms in total. The number of hydrogen-bond donors (Lipinski definition) is 2. The summed E-state index contributed by atoms with van der Waals surface area (Å²) in [5.74, 6) is 0.231. The molecule has 0 bridgehead atoms. The number of hydrogen-bond acceptors (Lipinski definition) is 3. The first-order chi connectivity index (χ1) is 14.1. The van der Waals surface area contributed by atoms with E-state index in [1.54, 1.807) is 7.05 Å². The highest BCUT2D eigenvalue weighted by molar-refractivity contribution is 5.79. The molecule has 8 heteroatoms.